The standard InChI is InChI=1S/C15H16ClN3S/c1-2-11-7-9-12(10-8-11)17-15(20)19-18-14-6-4-3-5-13(14)16/h3-10,18H,2H2,1H3,(H2,17,19,20). The molecule has 2 aromatic carbocycles. The molecule has 0 saturated carbocycles. The summed E-state index contributed by atoms with van der Waals surface area (Å²) in [6, 6.07) is 15.6. The third-order valence-electron chi connectivity index (χ3n) is 2.80. The molecule has 0 atom stereocenters. The lowest BCUT2D eigenvalue weighted by Gasteiger charge is -2.13. The summed E-state index contributed by atoms with van der Waals surface area (Å²) in [5, 5.41) is 4.21. The smallest absolute Gasteiger partial charge is 0.189 e. The first-order valence-corrected chi connectivity index (χ1v) is 7.14. The predicted octanol–water partition coefficient (Wildman–Crippen LogP) is 4.22. The summed E-state index contributed by atoms with van der Waals surface area (Å²) >= 11 is 11.2. The number of nitrogens with one attached hydrogen (secondary N) is 3. The van der Waals surface area contributed by atoms with Crippen LogP contribution in [0, 0.1) is 0 Å². The number of aryl methyl sites for hydroxylation is 1. The molecule has 0 amide bonds. The van der Waals surface area contributed by atoms with Gasteiger partial charge in [0, 0.05) is 5.69 Å². The first kappa shape index (κ1) is 14.6. The van der Waals surface area contributed by atoms with E-state index >= 15 is 0 Å². The summed E-state index contributed by atoms with van der Waals surface area (Å²) in [5.41, 5.74) is 8.89. The lowest BCUT2D eigenvalue weighted by Crippen LogP contribution is -2.33. The second kappa shape index (κ2) is 7.12. The number of hydrogen-bond donors (Lipinski definition) is 3. The van der Waals surface area contributed by atoms with E-state index in [9.17, 15) is 0 Å². The van der Waals surface area contributed by atoms with E-state index in [-0.39, 0.29) is 0 Å². The lowest BCUT2D eigenvalue weighted by molar-refractivity contribution is 1.13. The zero-order chi connectivity index (χ0) is 14.4. The number of para-hydroxylation sites is 1. The van der Waals surface area contributed by atoms with Gasteiger partial charge in [0.25, 0.3) is 0 Å². The number of hydrogen-bond acceptors (Lipinski definition) is 2. The molecule has 0 aliphatic carbocycles. The van der Waals surface area contributed by atoms with Crippen LogP contribution in [0.1, 0.15) is 12.5 Å². The predicted molar refractivity (Wildman–Crippen MR) is 90.3 cm³/mol. The van der Waals surface area contributed by atoms with Crippen molar-refractivity contribution in [3.8, 4) is 0 Å². The average molecular weight is 306 g/mol. The van der Waals surface area contributed by atoms with Crippen LogP contribution in [0.2, 0.25) is 5.02 Å². The van der Waals surface area contributed by atoms with Gasteiger partial charge in [-0.1, -0.05) is 42.8 Å². The van der Waals surface area contributed by atoms with Crippen LogP contribution in [0.3, 0.4) is 0 Å². The van der Waals surface area contributed by atoms with Crippen molar-refractivity contribution >= 4 is 40.3 Å². The van der Waals surface area contributed by atoms with E-state index in [1.807, 2.05) is 36.4 Å². The Labute approximate surface area is 129 Å². The first-order chi connectivity index (χ1) is 9.69. The molecule has 0 aliphatic heterocycles. The van der Waals surface area contributed by atoms with E-state index < -0.39 is 0 Å². The fourth-order valence-corrected chi connectivity index (χ4v) is 2.02. The monoisotopic (exact) mass is 305 g/mol. The minimum Gasteiger partial charge on any atom is -0.331 e. The first-order valence-electron chi connectivity index (χ1n) is 6.35. The molecule has 0 bridgehead atoms. The highest BCUT2D eigenvalue weighted by atomic mass is 35.5. The second-order valence-electron chi connectivity index (χ2n) is 4.23. The summed E-state index contributed by atoms with van der Waals surface area (Å²) in [6.45, 7) is 2.13. The molecule has 0 unspecified atom stereocenters. The largest absolute Gasteiger partial charge is 0.331 e. The highest BCUT2D eigenvalue weighted by Crippen LogP contribution is 2.19. The number of anilines is 2. The van der Waals surface area contributed by atoms with Crippen LogP contribution in [0.5, 0.6) is 0 Å². The summed E-state index contributed by atoms with van der Waals surface area (Å²) in [6.07, 6.45) is 1.02. The third kappa shape index (κ3) is 4.11. The Morgan fingerprint density at radius 2 is 1.80 bits per heavy atom. The van der Waals surface area contributed by atoms with E-state index in [1.165, 1.54) is 5.56 Å². The maximum Gasteiger partial charge on any atom is 0.189 e. The van der Waals surface area contributed by atoms with Gasteiger partial charge in [-0.15, -0.1) is 0 Å². The molecule has 0 spiro atoms. The minimum absolute atomic E-state index is 0.481. The molecule has 3 N–H and O–H groups in total. The van der Waals surface area contributed by atoms with Gasteiger partial charge >= 0.3 is 0 Å². The van der Waals surface area contributed by atoms with Crippen molar-refractivity contribution in [2.75, 3.05) is 10.7 Å². The van der Waals surface area contributed by atoms with Gasteiger partial charge in [-0.2, -0.15) is 0 Å². The van der Waals surface area contributed by atoms with Crippen LogP contribution >= 0.6 is 23.8 Å². The molecule has 0 aromatic heterocycles. The van der Waals surface area contributed by atoms with Gasteiger partial charge in [0.1, 0.15) is 0 Å². The molecule has 0 saturated heterocycles. The van der Waals surface area contributed by atoms with Crippen LogP contribution in [0.25, 0.3) is 0 Å². The Morgan fingerprint density at radius 1 is 1.10 bits per heavy atom. The van der Waals surface area contributed by atoms with Crippen LogP contribution in [0.4, 0.5) is 11.4 Å². The summed E-state index contributed by atoms with van der Waals surface area (Å²) in [4.78, 5) is 0. The molecule has 0 fully saturated rings. The molecule has 0 heterocycles. The van der Waals surface area contributed by atoms with E-state index in [1.54, 1.807) is 0 Å². The number of benzene rings is 2. The van der Waals surface area contributed by atoms with Crippen LogP contribution in [-0.4, -0.2) is 5.11 Å². The normalized spacial score (nSPS) is 9.90. The van der Waals surface area contributed by atoms with Crippen molar-refractivity contribution in [2.45, 2.75) is 13.3 Å². The summed E-state index contributed by atoms with van der Waals surface area (Å²) in [5.74, 6) is 0. The Kier molecular flexibility index (Phi) is 5.21. The van der Waals surface area contributed by atoms with Gasteiger partial charge in [-0.25, -0.2) is 0 Å². The van der Waals surface area contributed by atoms with Crippen LogP contribution in [0.15, 0.2) is 48.5 Å². The topological polar surface area (TPSA) is 36.1 Å². The van der Waals surface area contributed by atoms with Crippen molar-refractivity contribution in [3.63, 3.8) is 0 Å². The molecule has 20 heavy (non-hydrogen) atoms. The number of rotatable bonds is 4. The van der Waals surface area contributed by atoms with E-state index in [4.69, 9.17) is 23.8 Å². The van der Waals surface area contributed by atoms with Gasteiger partial charge in [0.2, 0.25) is 0 Å². The fourth-order valence-electron chi connectivity index (χ4n) is 1.67. The molecule has 0 radical (unpaired) electrons. The molecular weight excluding hydrogens is 290 g/mol. The highest BCUT2D eigenvalue weighted by molar-refractivity contribution is 7.80. The zero-order valence-corrected chi connectivity index (χ0v) is 12.7. The van der Waals surface area contributed by atoms with Crippen molar-refractivity contribution in [1.82, 2.24) is 5.43 Å². The van der Waals surface area contributed by atoms with Crippen molar-refractivity contribution in [3.05, 3.63) is 59.1 Å². The molecule has 2 aromatic rings. The lowest BCUT2D eigenvalue weighted by atomic mass is 10.1. The Morgan fingerprint density at radius 3 is 2.45 bits per heavy atom. The SMILES string of the molecule is CCc1ccc(NC(=S)NNc2ccccc2Cl)cc1. The van der Waals surface area contributed by atoms with E-state index in [0.29, 0.717) is 10.1 Å². The van der Waals surface area contributed by atoms with Gasteiger partial charge in [0.15, 0.2) is 5.11 Å². The number of hydrazine groups is 1. The number of halogens is 1. The van der Waals surface area contributed by atoms with Gasteiger partial charge in [-0.3, -0.25) is 10.9 Å². The number of thiocarbonyl (C=S) groups is 1. The molecule has 104 valence electrons. The van der Waals surface area contributed by atoms with Crippen molar-refractivity contribution < 1.29 is 0 Å². The zero-order valence-electron chi connectivity index (χ0n) is 11.1. The molecule has 5 heteroatoms. The Balaban J connectivity index is 1.87. The Hall–Kier alpha value is -1.78. The molecule has 3 nitrogen and oxygen atoms in total. The fraction of sp³-hybridized carbons (Fsp3) is 0.133. The minimum atomic E-state index is 0.481. The maximum absolute atomic E-state index is 6.04. The Bertz CT molecular complexity index is 584. The third-order valence-corrected chi connectivity index (χ3v) is 3.34. The van der Waals surface area contributed by atoms with Crippen LogP contribution < -0.4 is 16.2 Å². The van der Waals surface area contributed by atoms with Crippen molar-refractivity contribution in [1.29, 1.82) is 0 Å². The molecular formula is C15H16ClN3S. The molecule has 2 rings (SSSR count). The van der Waals surface area contributed by atoms with Gasteiger partial charge < -0.3 is 5.32 Å². The van der Waals surface area contributed by atoms with Crippen molar-refractivity contribution in [2.24, 2.45) is 0 Å². The van der Waals surface area contributed by atoms with E-state index in [0.717, 1.165) is 17.8 Å². The maximum atomic E-state index is 6.04. The quantitative estimate of drug-likeness (QED) is 0.584. The molecule has 0 aliphatic rings. The average Bonchev–Trinajstić information content (AvgIpc) is 2.47. The summed E-state index contributed by atoms with van der Waals surface area (Å²) in [7, 11) is 0. The van der Waals surface area contributed by atoms with Gasteiger partial charge in [-0.05, 0) is 48.5 Å². The summed E-state index contributed by atoms with van der Waals surface area (Å²) < 4.78 is 0. The van der Waals surface area contributed by atoms with E-state index in [2.05, 4.69) is 35.2 Å². The second-order valence-corrected chi connectivity index (χ2v) is 5.05. The van der Waals surface area contributed by atoms with Crippen LogP contribution in [-0.2, 0) is 6.42 Å². The highest BCUT2D eigenvalue weighted by Gasteiger charge is 2.00. The van der Waals surface area contributed by atoms with Gasteiger partial charge in [0.05, 0.1) is 10.7 Å².